The number of nitrogens with two attached hydrogens (primary N) is 2. The van der Waals surface area contributed by atoms with Gasteiger partial charge in [-0.05, 0) is 25.5 Å². The van der Waals surface area contributed by atoms with Crippen molar-refractivity contribution in [2.75, 3.05) is 0 Å². The predicted octanol–water partition coefficient (Wildman–Crippen LogP) is 2.30. The topological polar surface area (TPSA) is 52.0 Å². The highest BCUT2D eigenvalue weighted by atomic mass is 35.5. The van der Waals surface area contributed by atoms with Crippen LogP contribution in [0.25, 0.3) is 0 Å². The van der Waals surface area contributed by atoms with Crippen LogP contribution in [0.4, 0.5) is 0 Å². The first-order valence-electron chi connectivity index (χ1n) is 3.59. The second-order valence-electron chi connectivity index (χ2n) is 1.92. The van der Waals surface area contributed by atoms with Crippen molar-refractivity contribution in [3.63, 3.8) is 0 Å². The lowest BCUT2D eigenvalue weighted by Crippen LogP contribution is -1.95. The summed E-state index contributed by atoms with van der Waals surface area (Å²) in [7, 11) is 0. The summed E-state index contributed by atoms with van der Waals surface area (Å²) in [6.45, 7) is 7.59. The minimum absolute atomic E-state index is 0.291. The van der Waals surface area contributed by atoms with E-state index in [1.807, 2.05) is 13.8 Å². The normalized spacial score (nSPS) is 13.0. The minimum Gasteiger partial charge on any atom is -0.402 e. The van der Waals surface area contributed by atoms with Gasteiger partial charge in [0.15, 0.2) is 0 Å². The molecule has 0 amide bonds. The van der Waals surface area contributed by atoms with Gasteiger partial charge in [-0.1, -0.05) is 25.4 Å². The Hall–Kier alpha value is -0.630. The number of hydrogen-bond donors (Lipinski definition) is 2. The van der Waals surface area contributed by atoms with Crippen molar-refractivity contribution in [3.05, 3.63) is 22.5 Å². The van der Waals surface area contributed by atoms with Crippen molar-refractivity contribution in [2.45, 2.75) is 27.7 Å². The lowest BCUT2D eigenvalue weighted by molar-refractivity contribution is 1.27. The highest BCUT2D eigenvalue weighted by Crippen LogP contribution is 2.04. The molecule has 0 aliphatic heterocycles. The molecule has 0 heterocycles. The molecule has 0 saturated heterocycles. The smallest absolute Gasteiger partial charge is 0.102 e. The van der Waals surface area contributed by atoms with Gasteiger partial charge in [-0.3, -0.25) is 0 Å². The summed E-state index contributed by atoms with van der Waals surface area (Å²) in [5, 5.41) is 0.291. The molecule has 66 valence electrons. The SMILES string of the molecule is C/C(N)=C/C(C)=C(\N)Cl.CC. The van der Waals surface area contributed by atoms with Gasteiger partial charge >= 0.3 is 0 Å². The largest absolute Gasteiger partial charge is 0.402 e. The average molecular weight is 177 g/mol. The van der Waals surface area contributed by atoms with Crippen molar-refractivity contribution in [3.8, 4) is 0 Å². The molecule has 0 bridgehead atoms. The molecule has 0 unspecified atom stereocenters. The molecule has 0 aliphatic rings. The van der Waals surface area contributed by atoms with Crippen LogP contribution in [0.1, 0.15) is 27.7 Å². The second kappa shape index (κ2) is 7.48. The molecule has 0 atom stereocenters. The third-order valence-corrected chi connectivity index (χ3v) is 1.12. The Morgan fingerprint density at radius 3 is 1.64 bits per heavy atom. The monoisotopic (exact) mass is 176 g/mol. The summed E-state index contributed by atoms with van der Waals surface area (Å²) in [4.78, 5) is 0. The van der Waals surface area contributed by atoms with E-state index < -0.39 is 0 Å². The van der Waals surface area contributed by atoms with E-state index >= 15 is 0 Å². The van der Waals surface area contributed by atoms with E-state index in [0.29, 0.717) is 10.9 Å². The van der Waals surface area contributed by atoms with E-state index in [0.717, 1.165) is 5.57 Å². The Balaban J connectivity index is 0. The van der Waals surface area contributed by atoms with Crippen LogP contribution in [0.5, 0.6) is 0 Å². The first-order valence-corrected chi connectivity index (χ1v) is 3.97. The van der Waals surface area contributed by atoms with E-state index in [1.165, 1.54) is 0 Å². The first kappa shape index (κ1) is 13.0. The van der Waals surface area contributed by atoms with E-state index in [9.17, 15) is 0 Å². The quantitative estimate of drug-likeness (QED) is 0.476. The number of rotatable bonds is 1. The molecule has 0 fully saturated rings. The zero-order chi connectivity index (χ0) is 9.44. The third kappa shape index (κ3) is 9.37. The van der Waals surface area contributed by atoms with E-state index in [-0.39, 0.29) is 0 Å². The summed E-state index contributed by atoms with van der Waals surface area (Å²) in [6.07, 6.45) is 1.72. The van der Waals surface area contributed by atoms with Gasteiger partial charge in [0.25, 0.3) is 0 Å². The fourth-order valence-corrected chi connectivity index (χ4v) is 0.465. The summed E-state index contributed by atoms with van der Waals surface area (Å²) in [5.41, 5.74) is 12.1. The van der Waals surface area contributed by atoms with Crippen LogP contribution in [-0.4, -0.2) is 0 Å². The van der Waals surface area contributed by atoms with Crippen molar-refractivity contribution >= 4 is 11.6 Å². The van der Waals surface area contributed by atoms with Crippen molar-refractivity contribution < 1.29 is 0 Å². The summed E-state index contributed by atoms with van der Waals surface area (Å²) < 4.78 is 0. The molecule has 0 aliphatic carbocycles. The Kier molecular flexibility index (Phi) is 8.83. The first-order chi connectivity index (χ1) is 5.04. The van der Waals surface area contributed by atoms with Gasteiger partial charge in [-0.2, -0.15) is 0 Å². The third-order valence-electron chi connectivity index (χ3n) is 0.821. The highest BCUT2D eigenvalue weighted by molar-refractivity contribution is 6.29. The zero-order valence-electron chi connectivity index (χ0n) is 7.61. The van der Waals surface area contributed by atoms with Crippen LogP contribution in [-0.2, 0) is 0 Å². The number of hydrogen-bond acceptors (Lipinski definition) is 2. The Morgan fingerprint density at radius 1 is 1.18 bits per heavy atom. The van der Waals surface area contributed by atoms with Crippen LogP contribution in [0.2, 0.25) is 0 Å². The van der Waals surface area contributed by atoms with Crippen LogP contribution >= 0.6 is 11.6 Å². The highest BCUT2D eigenvalue weighted by Gasteiger charge is 1.87. The van der Waals surface area contributed by atoms with Gasteiger partial charge in [0.1, 0.15) is 5.16 Å². The van der Waals surface area contributed by atoms with Crippen molar-refractivity contribution in [1.82, 2.24) is 0 Å². The van der Waals surface area contributed by atoms with Gasteiger partial charge in [0.2, 0.25) is 0 Å². The fourth-order valence-electron chi connectivity index (χ4n) is 0.410. The molecule has 11 heavy (non-hydrogen) atoms. The Labute approximate surface area is 73.9 Å². The molecule has 0 rings (SSSR count). The maximum absolute atomic E-state index is 5.43. The number of allylic oxidation sites excluding steroid dienone is 3. The van der Waals surface area contributed by atoms with E-state index in [2.05, 4.69) is 0 Å². The Morgan fingerprint density at radius 2 is 1.55 bits per heavy atom. The lowest BCUT2D eigenvalue weighted by Gasteiger charge is -1.93. The molecular weight excluding hydrogens is 160 g/mol. The molecule has 0 aromatic heterocycles. The Bertz CT molecular complexity index is 151. The van der Waals surface area contributed by atoms with Gasteiger partial charge in [-0.15, -0.1) is 0 Å². The van der Waals surface area contributed by atoms with E-state index in [1.54, 1.807) is 19.9 Å². The molecule has 0 aromatic rings. The second-order valence-corrected chi connectivity index (χ2v) is 2.33. The standard InChI is InChI=1S/C6H11ClN2.C2H6/c1-4(6(7)9)3-5(2)8;1-2/h3H,8-9H2,1-2H3;1-2H3/b5-3-,6-4-;. The summed E-state index contributed by atoms with van der Waals surface area (Å²) in [5.74, 6) is 0. The molecule has 0 spiro atoms. The molecule has 0 aromatic carbocycles. The average Bonchev–Trinajstić information content (AvgIpc) is 1.90. The molecule has 0 saturated carbocycles. The van der Waals surface area contributed by atoms with Crippen LogP contribution < -0.4 is 11.5 Å². The van der Waals surface area contributed by atoms with Gasteiger partial charge < -0.3 is 11.5 Å². The van der Waals surface area contributed by atoms with Crippen molar-refractivity contribution in [1.29, 1.82) is 0 Å². The summed E-state index contributed by atoms with van der Waals surface area (Å²) >= 11 is 5.43. The maximum Gasteiger partial charge on any atom is 0.102 e. The predicted molar refractivity (Wildman–Crippen MR) is 52.0 cm³/mol. The van der Waals surface area contributed by atoms with Gasteiger partial charge in [0, 0.05) is 5.70 Å². The summed E-state index contributed by atoms with van der Waals surface area (Å²) in [6, 6.07) is 0. The van der Waals surface area contributed by atoms with Crippen molar-refractivity contribution in [2.24, 2.45) is 11.5 Å². The van der Waals surface area contributed by atoms with Crippen LogP contribution in [0.15, 0.2) is 22.5 Å². The fraction of sp³-hybridized carbons (Fsp3) is 0.500. The lowest BCUT2D eigenvalue weighted by atomic mass is 10.3. The maximum atomic E-state index is 5.43. The van der Waals surface area contributed by atoms with Gasteiger partial charge in [0.05, 0.1) is 0 Å². The van der Waals surface area contributed by atoms with Crippen LogP contribution in [0.3, 0.4) is 0 Å². The van der Waals surface area contributed by atoms with Gasteiger partial charge in [-0.25, -0.2) is 0 Å². The zero-order valence-corrected chi connectivity index (χ0v) is 8.37. The van der Waals surface area contributed by atoms with Crippen LogP contribution in [0, 0.1) is 0 Å². The molecule has 4 N–H and O–H groups in total. The van der Waals surface area contributed by atoms with E-state index in [4.69, 9.17) is 23.1 Å². The molecular formula is C8H17ClN2. The minimum atomic E-state index is 0.291. The molecule has 0 radical (unpaired) electrons. The molecule has 3 heteroatoms. The number of halogens is 1. The molecule has 2 nitrogen and oxygen atoms in total.